The first-order valence-corrected chi connectivity index (χ1v) is 8.38. The van der Waals surface area contributed by atoms with Gasteiger partial charge in [0.15, 0.2) is 11.6 Å². The Hall–Kier alpha value is -1.76. The Morgan fingerprint density at radius 1 is 1.52 bits per heavy atom. The van der Waals surface area contributed by atoms with E-state index < -0.39 is 17.8 Å². The molecule has 0 spiro atoms. The standard InChI is InChI=1S/C16H18FNO4S/c1-16-6-5-14(19)18(16)12(9-23-16)15(20)22-8-10-3-4-13(21-2)11(17)7-10/h3-4,7,12H,5-6,8-9H2,1-2H3/t12-,16+/m1/s1. The van der Waals surface area contributed by atoms with Crippen molar-refractivity contribution in [2.75, 3.05) is 12.9 Å². The third kappa shape index (κ3) is 2.89. The Labute approximate surface area is 138 Å². The Morgan fingerprint density at radius 2 is 2.30 bits per heavy atom. The van der Waals surface area contributed by atoms with Crippen molar-refractivity contribution in [1.29, 1.82) is 0 Å². The number of halogens is 1. The van der Waals surface area contributed by atoms with Gasteiger partial charge in [0.2, 0.25) is 5.91 Å². The molecule has 0 N–H and O–H groups in total. The molecular weight excluding hydrogens is 321 g/mol. The molecule has 0 bridgehead atoms. The number of fused-ring (bicyclic) bond motifs is 1. The number of nitrogens with zero attached hydrogens (tertiary/aromatic N) is 1. The lowest BCUT2D eigenvalue weighted by atomic mass is 10.2. The summed E-state index contributed by atoms with van der Waals surface area (Å²) in [5.41, 5.74) is 0.540. The summed E-state index contributed by atoms with van der Waals surface area (Å²) in [6, 6.07) is 3.86. The molecule has 23 heavy (non-hydrogen) atoms. The van der Waals surface area contributed by atoms with Gasteiger partial charge >= 0.3 is 5.97 Å². The van der Waals surface area contributed by atoms with E-state index >= 15 is 0 Å². The summed E-state index contributed by atoms with van der Waals surface area (Å²) in [4.78, 5) is 25.7. The Kier molecular flexibility index (Phi) is 4.23. The third-order valence-electron chi connectivity index (χ3n) is 4.31. The number of esters is 1. The highest BCUT2D eigenvalue weighted by Crippen LogP contribution is 2.47. The predicted octanol–water partition coefficient (Wildman–Crippen LogP) is 2.33. The quantitative estimate of drug-likeness (QED) is 0.788. The van der Waals surface area contributed by atoms with E-state index in [-0.39, 0.29) is 23.1 Å². The van der Waals surface area contributed by atoms with E-state index in [1.165, 1.54) is 19.2 Å². The van der Waals surface area contributed by atoms with Crippen LogP contribution in [0.5, 0.6) is 5.75 Å². The van der Waals surface area contributed by atoms with Crippen LogP contribution in [0.1, 0.15) is 25.3 Å². The van der Waals surface area contributed by atoms with Crippen molar-refractivity contribution in [3.05, 3.63) is 29.6 Å². The maximum atomic E-state index is 13.6. The summed E-state index contributed by atoms with van der Waals surface area (Å²) in [6.45, 7) is 1.95. The minimum atomic E-state index is -0.553. The molecule has 2 saturated heterocycles. The number of hydrogen-bond acceptors (Lipinski definition) is 5. The lowest BCUT2D eigenvalue weighted by Gasteiger charge is -2.29. The SMILES string of the molecule is COc1ccc(COC(=O)[C@H]2CS[C@@]3(C)CCC(=O)N23)cc1F. The number of benzene rings is 1. The van der Waals surface area contributed by atoms with Gasteiger partial charge in [-0.15, -0.1) is 11.8 Å². The van der Waals surface area contributed by atoms with Crippen molar-refractivity contribution < 1.29 is 23.5 Å². The molecule has 1 amide bonds. The molecule has 2 atom stereocenters. The third-order valence-corrected chi connectivity index (χ3v) is 5.82. The van der Waals surface area contributed by atoms with Gasteiger partial charge in [-0.2, -0.15) is 0 Å². The van der Waals surface area contributed by atoms with Crippen LogP contribution >= 0.6 is 11.8 Å². The molecule has 1 aromatic carbocycles. The highest BCUT2D eigenvalue weighted by Gasteiger charge is 2.53. The van der Waals surface area contributed by atoms with Crippen LogP contribution in [0, 0.1) is 5.82 Å². The van der Waals surface area contributed by atoms with Crippen molar-refractivity contribution in [2.24, 2.45) is 0 Å². The summed E-state index contributed by atoms with van der Waals surface area (Å²) in [5, 5.41) is 0. The van der Waals surface area contributed by atoms with E-state index in [1.807, 2.05) is 6.92 Å². The van der Waals surface area contributed by atoms with Crippen molar-refractivity contribution >= 4 is 23.6 Å². The molecule has 7 heteroatoms. The van der Waals surface area contributed by atoms with Gasteiger partial charge in [0.25, 0.3) is 0 Å². The van der Waals surface area contributed by atoms with Crippen LogP contribution in [0.3, 0.4) is 0 Å². The molecule has 0 aromatic heterocycles. The minimum absolute atomic E-state index is 0.00468. The summed E-state index contributed by atoms with van der Waals surface area (Å²) in [5.74, 6) is -0.258. The van der Waals surface area contributed by atoms with Crippen LogP contribution in [-0.4, -0.2) is 40.6 Å². The van der Waals surface area contributed by atoms with E-state index in [0.717, 1.165) is 6.42 Å². The number of amides is 1. The zero-order valence-electron chi connectivity index (χ0n) is 13.0. The van der Waals surface area contributed by atoms with Crippen LogP contribution in [-0.2, 0) is 20.9 Å². The Bertz CT molecular complexity index is 653. The molecule has 0 unspecified atom stereocenters. The van der Waals surface area contributed by atoms with E-state index in [0.29, 0.717) is 17.7 Å². The van der Waals surface area contributed by atoms with Gasteiger partial charge in [-0.25, -0.2) is 9.18 Å². The fraction of sp³-hybridized carbons (Fsp3) is 0.500. The van der Waals surface area contributed by atoms with E-state index in [1.54, 1.807) is 22.7 Å². The first kappa shape index (κ1) is 16.1. The monoisotopic (exact) mass is 339 g/mol. The summed E-state index contributed by atoms with van der Waals surface area (Å²) < 4.78 is 23.8. The van der Waals surface area contributed by atoms with Crippen molar-refractivity contribution in [3.8, 4) is 5.75 Å². The second kappa shape index (κ2) is 6.03. The average Bonchev–Trinajstić information content (AvgIpc) is 3.02. The van der Waals surface area contributed by atoms with Gasteiger partial charge in [0.1, 0.15) is 12.6 Å². The van der Waals surface area contributed by atoms with Gasteiger partial charge in [-0.1, -0.05) is 6.07 Å². The number of hydrogen-bond donors (Lipinski definition) is 0. The molecule has 1 aromatic rings. The zero-order chi connectivity index (χ0) is 16.6. The molecule has 0 saturated carbocycles. The first-order chi connectivity index (χ1) is 10.9. The van der Waals surface area contributed by atoms with Crippen LogP contribution < -0.4 is 4.74 Å². The van der Waals surface area contributed by atoms with E-state index in [9.17, 15) is 14.0 Å². The normalized spacial score (nSPS) is 26.3. The van der Waals surface area contributed by atoms with Gasteiger partial charge in [0, 0.05) is 12.2 Å². The van der Waals surface area contributed by atoms with Crippen LogP contribution in [0.2, 0.25) is 0 Å². The predicted molar refractivity (Wildman–Crippen MR) is 83.5 cm³/mol. The second-order valence-electron chi connectivity index (χ2n) is 5.84. The van der Waals surface area contributed by atoms with Crippen molar-refractivity contribution in [1.82, 2.24) is 4.90 Å². The molecule has 5 nitrogen and oxygen atoms in total. The maximum Gasteiger partial charge on any atom is 0.330 e. The van der Waals surface area contributed by atoms with E-state index in [4.69, 9.17) is 9.47 Å². The smallest absolute Gasteiger partial charge is 0.330 e. The summed E-state index contributed by atoms with van der Waals surface area (Å²) in [6.07, 6.45) is 1.22. The molecule has 2 fully saturated rings. The molecule has 2 heterocycles. The van der Waals surface area contributed by atoms with Crippen LogP contribution in [0.4, 0.5) is 4.39 Å². The number of ether oxygens (including phenoxy) is 2. The molecule has 2 aliphatic heterocycles. The zero-order valence-corrected chi connectivity index (χ0v) is 13.8. The number of rotatable bonds is 4. The fourth-order valence-electron chi connectivity index (χ4n) is 3.05. The Balaban J connectivity index is 1.64. The summed E-state index contributed by atoms with van der Waals surface area (Å²) in [7, 11) is 1.39. The second-order valence-corrected chi connectivity index (χ2v) is 7.34. The van der Waals surface area contributed by atoms with Crippen LogP contribution in [0.15, 0.2) is 18.2 Å². The molecule has 0 aliphatic carbocycles. The van der Waals surface area contributed by atoms with Crippen molar-refractivity contribution in [2.45, 2.75) is 37.3 Å². The molecule has 0 radical (unpaired) electrons. The fourth-order valence-corrected chi connectivity index (χ4v) is 4.46. The van der Waals surface area contributed by atoms with E-state index in [2.05, 4.69) is 0 Å². The number of carbonyl (C=O) groups is 2. The minimum Gasteiger partial charge on any atom is -0.494 e. The highest BCUT2D eigenvalue weighted by atomic mass is 32.2. The maximum absolute atomic E-state index is 13.6. The first-order valence-electron chi connectivity index (χ1n) is 7.40. The van der Waals surface area contributed by atoms with Crippen LogP contribution in [0.25, 0.3) is 0 Å². The highest BCUT2D eigenvalue weighted by molar-refractivity contribution is 8.01. The lowest BCUT2D eigenvalue weighted by Crippen LogP contribution is -2.46. The van der Waals surface area contributed by atoms with Gasteiger partial charge in [0.05, 0.1) is 12.0 Å². The molecule has 124 valence electrons. The lowest BCUT2D eigenvalue weighted by molar-refractivity contribution is -0.154. The van der Waals surface area contributed by atoms with Gasteiger partial charge < -0.3 is 14.4 Å². The topological polar surface area (TPSA) is 55.8 Å². The van der Waals surface area contributed by atoms with Gasteiger partial charge in [-0.05, 0) is 31.0 Å². The Morgan fingerprint density at radius 3 is 3.00 bits per heavy atom. The molecule has 2 aliphatic rings. The number of methoxy groups -OCH3 is 1. The number of thioether (sulfide) groups is 1. The van der Waals surface area contributed by atoms with Gasteiger partial charge in [-0.3, -0.25) is 4.79 Å². The summed E-state index contributed by atoms with van der Waals surface area (Å²) >= 11 is 1.61. The van der Waals surface area contributed by atoms with Crippen molar-refractivity contribution in [3.63, 3.8) is 0 Å². The average molecular weight is 339 g/mol. The largest absolute Gasteiger partial charge is 0.494 e. The molecular formula is C16H18FNO4S. The molecule has 3 rings (SSSR count). The number of carbonyl (C=O) groups excluding carboxylic acids is 2.